The second-order valence-electron chi connectivity index (χ2n) is 3.15. The smallest absolute Gasteiger partial charge is 0.266 e. The molecule has 4 nitrogen and oxygen atoms in total. The van der Waals surface area contributed by atoms with Crippen LogP contribution in [0.25, 0.3) is 0 Å². The van der Waals surface area contributed by atoms with Gasteiger partial charge in [-0.3, -0.25) is 9.78 Å². The van der Waals surface area contributed by atoms with Crippen LogP contribution in [-0.4, -0.2) is 28.4 Å². The maximum absolute atomic E-state index is 11.8. The third kappa shape index (κ3) is 1.49. The van der Waals surface area contributed by atoms with Crippen molar-refractivity contribution in [2.24, 2.45) is 0 Å². The van der Waals surface area contributed by atoms with Crippen LogP contribution >= 0.6 is 11.3 Å². The van der Waals surface area contributed by atoms with E-state index in [4.69, 9.17) is 5.26 Å². The fourth-order valence-electron chi connectivity index (χ4n) is 1.61. The van der Waals surface area contributed by atoms with E-state index in [-0.39, 0.29) is 11.9 Å². The summed E-state index contributed by atoms with van der Waals surface area (Å²) in [6, 6.07) is 1.90. The third-order valence-electron chi connectivity index (χ3n) is 2.31. The first kappa shape index (κ1) is 9.16. The fraction of sp³-hybridized carbons (Fsp3) is 0.444. The summed E-state index contributed by atoms with van der Waals surface area (Å²) in [7, 11) is 0. The second-order valence-corrected chi connectivity index (χ2v) is 4.04. The highest BCUT2D eigenvalue weighted by Gasteiger charge is 2.29. The van der Waals surface area contributed by atoms with E-state index in [9.17, 15) is 4.79 Å². The number of hydrogen-bond acceptors (Lipinski definition) is 4. The summed E-state index contributed by atoms with van der Waals surface area (Å²) in [6.07, 6.45) is 3.27. The van der Waals surface area contributed by atoms with Gasteiger partial charge in [-0.25, -0.2) is 0 Å². The Morgan fingerprint density at radius 1 is 1.79 bits per heavy atom. The lowest BCUT2D eigenvalue weighted by atomic mass is 10.2. The van der Waals surface area contributed by atoms with E-state index in [1.165, 1.54) is 11.3 Å². The molecule has 1 amide bonds. The van der Waals surface area contributed by atoms with Crippen molar-refractivity contribution in [3.8, 4) is 6.07 Å². The minimum Gasteiger partial charge on any atom is -0.322 e. The molecule has 0 saturated carbocycles. The highest BCUT2D eigenvalue weighted by molar-refractivity contribution is 7.11. The first-order chi connectivity index (χ1) is 6.83. The van der Waals surface area contributed by atoms with Gasteiger partial charge in [0.15, 0.2) is 0 Å². The summed E-state index contributed by atoms with van der Waals surface area (Å²) in [5.74, 6) is -0.0587. The Morgan fingerprint density at radius 3 is 3.29 bits per heavy atom. The van der Waals surface area contributed by atoms with Gasteiger partial charge in [0.25, 0.3) is 5.91 Å². The minimum atomic E-state index is -0.246. The number of amides is 1. The van der Waals surface area contributed by atoms with E-state index in [2.05, 4.69) is 11.1 Å². The Bertz CT molecular complexity index is 368. The SMILES string of the molecule is N#CC1CCCN1C(=O)c1cncs1. The Balaban J connectivity index is 2.16. The zero-order valence-corrected chi connectivity index (χ0v) is 8.33. The van der Waals surface area contributed by atoms with Gasteiger partial charge in [-0.05, 0) is 12.8 Å². The molecule has 0 aromatic carbocycles. The topological polar surface area (TPSA) is 57.0 Å². The number of likely N-dealkylation sites (tertiary alicyclic amines) is 1. The van der Waals surface area contributed by atoms with Gasteiger partial charge >= 0.3 is 0 Å². The highest BCUT2D eigenvalue weighted by Crippen LogP contribution is 2.20. The highest BCUT2D eigenvalue weighted by atomic mass is 32.1. The maximum atomic E-state index is 11.8. The molecule has 0 radical (unpaired) electrons. The van der Waals surface area contributed by atoms with Crippen LogP contribution < -0.4 is 0 Å². The van der Waals surface area contributed by atoms with Crippen LogP contribution in [0.4, 0.5) is 0 Å². The number of carbonyl (C=O) groups is 1. The van der Waals surface area contributed by atoms with E-state index in [0.717, 1.165) is 12.8 Å². The van der Waals surface area contributed by atoms with Crippen LogP contribution in [0.5, 0.6) is 0 Å². The quantitative estimate of drug-likeness (QED) is 0.696. The van der Waals surface area contributed by atoms with E-state index in [0.29, 0.717) is 11.4 Å². The number of nitriles is 1. The van der Waals surface area contributed by atoms with Crippen LogP contribution in [0.1, 0.15) is 22.5 Å². The Hall–Kier alpha value is -1.41. The van der Waals surface area contributed by atoms with Crippen LogP contribution in [0.15, 0.2) is 11.7 Å². The molecule has 0 spiro atoms. The monoisotopic (exact) mass is 207 g/mol. The molecular weight excluding hydrogens is 198 g/mol. The van der Waals surface area contributed by atoms with Crippen molar-refractivity contribution in [2.75, 3.05) is 6.54 Å². The average molecular weight is 207 g/mol. The van der Waals surface area contributed by atoms with Crippen molar-refractivity contribution in [2.45, 2.75) is 18.9 Å². The number of nitrogens with zero attached hydrogens (tertiary/aromatic N) is 3. The van der Waals surface area contributed by atoms with Crippen LogP contribution in [-0.2, 0) is 0 Å². The number of aromatic nitrogens is 1. The lowest BCUT2D eigenvalue weighted by Gasteiger charge is -2.17. The average Bonchev–Trinajstić information content (AvgIpc) is 2.87. The molecule has 1 aromatic heterocycles. The molecule has 1 aromatic rings. The van der Waals surface area contributed by atoms with Gasteiger partial charge in [0.05, 0.1) is 17.8 Å². The van der Waals surface area contributed by atoms with Gasteiger partial charge in [0.1, 0.15) is 10.9 Å². The molecule has 2 rings (SSSR count). The zero-order valence-electron chi connectivity index (χ0n) is 7.51. The summed E-state index contributed by atoms with van der Waals surface area (Å²) >= 11 is 1.32. The molecule has 0 N–H and O–H groups in total. The first-order valence-electron chi connectivity index (χ1n) is 4.42. The van der Waals surface area contributed by atoms with E-state index in [1.54, 1.807) is 16.6 Å². The van der Waals surface area contributed by atoms with Crippen molar-refractivity contribution in [3.05, 3.63) is 16.6 Å². The summed E-state index contributed by atoms with van der Waals surface area (Å²) in [6.45, 7) is 0.689. The van der Waals surface area contributed by atoms with Crippen molar-refractivity contribution in [1.29, 1.82) is 5.26 Å². The lowest BCUT2D eigenvalue weighted by molar-refractivity contribution is 0.0769. The molecule has 1 atom stereocenters. The molecule has 1 aliphatic rings. The zero-order chi connectivity index (χ0) is 9.97. The minimum absolute atomic E-state index is 0.0587. The molecular formula is C9H9N3OS. The first-order valence-corrected chi connectivity index (χ1v) is 5.30. The number of rotatable bonds is 1. The van der Waals surface area contributed by atoms with Crippen molar-refractivity contribution in [1.82, 2.24) is 9.88 Å². The summed E-state index contributed by atoms with van der Waals surface area (Å²) < 4.78 is 0. The number of thiazole rings is 1. The van der Waals surface area contributed by atoms with Gasteiger partial charge in [-0.15, -0.1) is 11.3 Å². The summed E-state index contributed by atoms with van der Waals surface area (Å²) in [5.41, 5.74) is 1.63. The van der Waals surface area contributed by atoms with Crippen LogP contribution in [0.2, 0.25) is 0 Å². The predicted molar refractivity (Wildman–Crippen MR) is 51.8 cm³/mol. The molecule has 1 saturated heterocycles. The number of carbonyl (C=O) groups excluding carboxylic acids is 1. The Labute approximate surface area is 85.8 Å². The molecule has 1 fully saturated rings. The van der Waals surface area contributed by atoms with Crippen LogP contribution in [0, 0.1) is 11.3 Å². The molecule has 2 heterocycles. The van der Waals surface area contributed by atoms with E-state index in [1.807, 2.05) is 0 Å². The van der Waals surface area contributed by atoms with Gasteiger partial charge in [-0.1, -0.05) is 0 Å². The predicted octanol–water partition coefficient (Wildman–Crippen LogP) is 1.27. The fourth-order valence-corrected chi connectivity index (χ4v) is 2.18. The Kier molecular flexibility index (Phi) is 2.46. The van der Waals surface area contributed by atoms with E-state index >= 15 is 0 Å². The molecule has 1 aliphatic heterocycles. The van der Waals surface area contributed by atoms with Gasteiger partial charge < -0.3 is 4.90 Å². The van der Waals surface area contributed by atoms with Gasteiger partial charge in [0, 0.05) is 6.54 Å². The molecule has 72 valence electrons. The summed E-state index contributed by atoms with van der Waals surface area (Å²) in [5, 5.41) is 8.83. The van der Waals surface area contributed by atoms with Crippen molar-refractivity contribution >= 4 is 17.2 Å². The standard InChI is InChI=1S/C9H9N3OS/c10-4-7-2-1-3-12(7)9(13)8-5-11-6-14-8/h5-7H,1-3H2. The van der Waals surface area contributed by atoms with Gasteiger partial charge in [-0.2, -0.15) is 5.26 Å². The maximum Gasteiger partial charge on any atom is 0.266 e. The Morgan fingerprint density at radius 2 is 2.64 bits per heavy atom. The van der Waals surface area contributed by atoms with Gasteiger partial charge in [0.2, 0.25) is 0 Å². The lowest BCUT2D eigenvalue weighted by Crippen LogP contribution is -2.34. The molecule has 1 unspecified atom stereocenters. The second kappa shape index (κ2) is 3.76. The number of hydrogen-bond donors (Lipinski definition) is 0. The molecule has 5 heteroatoms. The summed E-state index contributed by atoms with van der Waals surface area (Å²) in [4.78, 5) is 17.9. The largest absolute Gasteiger partial charge is 0.322 e. The van der Waals surface area contributed by atoms with E-state index < -0.39 is 0 Å². The van der Waals surface area contributed by atoms with Crippen LogP contribution in [0.3, 0.4) is 0 Å². The molecule has 0 bridgehead atoms. The van der Waals surface area contributed by atoms with Crippen molar-refractivity contribution < 1.29 is 4.79 Å². The third-order valence-corrected chi connectivity index (χ3v) is 3.07. The molecule has 0 aliphatic carbocycles. The normalized spacial score (nSPS) is 20.8. The molecule has 14 heavy (non-hydrogen) atoms. The van der Waals surface area contributed by atoms with Crippen molar-refractivity contribution in [3.63, 3.8) is 0 Å².